The zero-order chi connectivity index (χ0) is 15.1. The maximum absolute atomic E-state index is 13.4. The minimum Gasteiger partial charge on any atom is -0.342 e. The molecule has 0 bridgehead atoms. The molecule has 0 radical (unpaired) electrons. The highest BCUT2D eigenvalue weighted by Crippen LogP contribution is 2.25. The number of nitrogens with one attached hydrogen (secondary N) is 1. The van der Waals surface area contributed by atoms with Gasteiger partial charge in [-0.05, 0) is 55.8 Å². The van der Waals surface area contributed by atoms with Gasteiger partial charge in [0, 0.05) is 24.5 Å². The van der Waals surface area contributed by atoms with Crippen molar-refractivity contribution in [2.45, 2.75) is 26.8 Å². The van der Waals surface area contributed by atoms with Crippen LogP contribution < -0.4 is 10.2 Å². The van der Waals surface area contributed by atoms with Gasteiger partial charge in [0.1, 0.15) is 5.82 Å². The van der Waals surface area contributed by atoms with E-state index in [1.54, 1.807) is 12.1 Å². The third-order valence-electron chi connectivity index (χ3n) is 3.44. The van der Waals surface area contributed by atoms with Gasteiger partial charge in [-0.1, -0.05) is 25.1 Å². The molecule has 0 unspecified atom stereocenters. The van der Waals surface area contributed by atoms with Gasteiger partial charge in [0.05, 0.1) is 0 Å². The number of halogens is 1. The number of rotatable bonds is 7. The van der Waals surface area contributed by atoms with Gasteiger partial charge < -0.3 is 10.2 Å². The van der Waals surface area contributed by atoms with E-state index in [-0.39, 0.29) is 5.82 Å². The first kappa shape index (κ1) is 15.5. The third-order valence-corrected chi connectivity index (χ3v) is 3.44. The molecule has 21 heavy (non-hydrogen) atoms. The molecule has 0 aliphatic rings. The van der Waals surface area contributed by atoms with Gasteiger partial charge in [-0.3, -0.25) is 0 Å². The van der Waals surface area contributed by atoms with Crippen LogP contribution in [0.15, 0.2) is 48.5 Å². The first-order chi connectivity index (χ1) is 10.2. The molecule has 0 aliphatic heterocycles. The van der Waals surface area contributed by atoms with Crippen LogP contribution >= 0.6 is 0 Å². The fourth-order valence-corrected chi connectivity index (χ4v) is 2.36. The number of hydrogen-bond donors (Lipinski definition) is 1. The van der Waals surface area contributed by atoms with Gasteiger partial charge in [0.15, 0.2) is 0 Å². The predicted molar refractivity (Wildman–Crippen MR) is 87.5 cm³/mol. The second kappa shape index (κ2) is 7.79. The zero-order valence-electron chi connectivity index (χ0n) is 12.8. The summed E-state index contributed by atoms with van der Waals surface area (Å²) in [5.41, 5.74) is 3.24. The summed E-state index contributed by atoms with van der Waals surface area (Å²) >= 11 is 0. The van der Waals surface area contributed by atoms with E-state index >= 15 is 0 Å². The quantitative estimate of drug-likeness (QED) is 0.755. The van der Waals surface area contributed by atoms with E-state index in [0.29, 0.717) is 0 Å². The lowest BCUT2D eigenvalue weighted by Crippen LogP contribution is -2.17. The molecule has 0 aliphatic carbocycles. The van der Waals surface area contributed by atoms with Crippen molar-refractivity contribution in [3.05, 3.63) is 59.9 Å². The maximum Gasteiger partial charge on any atom is 0.125 e. The van der Waals surface area contributed by atoms with Crippen LogP contribution in [0.25, 0.3) is 0 Å². The van der Waals surface area contributed by atoms with Crippen molar-refractivity contribution in [2.75, 3.05) is 18.0 Å². The summed E-state index contributed by atoms with van der Waals surface area (Å²) in [6, 6.07) is 15.2. The first-order valence-corrected chi connectivity index (χ1v) is 7.57. The van der Waals surface area contributed by atoms with E-state index < -0.39 is 0 Å². The van der Waals surface area contributed by atoms with E-state index in [1.165, 1.54) is 11.6 Å². The van der Waals surface area contributed by atoms with Crippen LogP contribution in [-0.4, -0.2) is 13.1 Å². The first-order valence-electron chi connectivity index (χ1n) is 7.57. The van der Waals surface area contributed by atoms with Gasteiger partial charge in [0.2, 0.25) is 0 Å². The molecule has 3 heteroatoms. The monoisotopic (exact) mass is 286 g/mol. The SMILES string of the molecule is CCCNCc1ccc(N(CC)c2cccc(F)c2)cc1. The van der Waals surface area contributed by atoms with Crippen molar-refractivity contribution in [2.24, 2.45) is 0 Å². The molecule has 0 amide bonds. The Bertz CT molecular complexity index is 551. The predicted octanol–water partition coefficient (Wildman–Crippen LogP) is 4.48. The lowest BCUT2D eigenvalue weighted by atomic mass is 10.1. The van der Waals surface area contributed by atoms with Crippen LogP contribution in [0.5, 0.6) is 0 Å². The molecule has 0 saturated heterocycles. The average molecular weight is 286 g/mol. The number of nitrogens with zero attached hydrogens (tertiary/aromatic N) is 1. The second-order valence-electron chi connectivity index (χ2n) is 5.07. The zero-order valence-corrected chi connectivity index (χ0v) is 12.8. The molecule has 2 aromatic carbocycles. The highest BCUT2D eigenvalue weighted by molar-refractivity contribution is 5.63. The Labute approximate surface area is 126 Å². The molecule has 2 rings (SSSR count). The molecule has 0 aromatic heterocycles. The highest BCUT2D eigenvalue weighted by atomic mass is 19.1. The maximum atomic E-state index is 13.4. The molecule has 2 nitrogen and oxygen atoms in total. The molecule has 1 N–H and O–H groups in total. The van der Waals surface area contributed by atoms with E-state index in [1.807, 2.05) is 6.07 Å². The van der Waals surface area contributed by atoms with Crippen LogP contribution in [0.1, 0.15) is 25.8 Å². The Hall–Kier alpha value is -1.87. The van der Waals surface area contributed by atoms with Crippen LogP contribution in [0, 0.1) is 5.82 Å². The topological polar surface area (TPSA) is 15.3 Å². The smallest absolute Gasteiger partial charge is 0.125 e. The average Bonchev–Trinajstić information content (AvgIpc) is 2.50. The Balaban J connectivity index is 2.12. The Morgan fingerprint density at radius 2 is 1.76 bits per heavy atom. The van der Waals surface area contributed by atoms with Gasteiger partial charge in [-0.15, -0.1) is 0 Å². The van der Waals surface area contributed by atoms with Gasteiger partial charge in [-0.2, -0.15) is 0 Å². The summed E-state index contributed by atoms with van der Waals surface area (Å²) in [7, 11) is 0. The molecule has 2 aromatic rings. The van der Waals surface area contributed by atoms with Crippen molar-refractivity contribution in [1.29, 1.82) is 0 Å². The minimum atomic E-state index is -0.202. The largest absolute Gasteiger partial charge is 0.342 e. The van der Waals surface area contributed by atoms with Gasteiger partial charge in [-0.25, -0.2) is 4.39 Å². The van der Waals surface area contributed by atoms with Crippen LogP contribution in [0.3, 0.4) is 0 Å². The third kappa shape index (κ3) is 4.30. The lowest BCUT2D eigenvalue weighted by molar-refractivity contribution is 0.627. The van der Waals surface area contributed by atoms with Gasteiger partial charge >= 0.3 is 0 Å². The van der Waals surface area contributed by atoms with E-state index in [9.17, 15) is 4.39 Å². The standard InChI is InChI=1S/C18H23FN2/c1-3-12-20-14-15-8-10-17(11-9-15)21(4-2)18-7-5-6-16(19)13-18/h5-11,13,20H,3-4,12,14H2,1-2H3. The summed E-state index contributed by atoms with van der Waals surface area (Å²) in [5, 5.41) is 3.39. The summed E-state index contributed by atoms with van der Waals surface area (Å²) < 4.78 is 13.4. The Morgan fingerprint density at radius 3 is 2.38 bits per heavy atom. The van der Waals surface area contributed by atoms with Crippen LogP contribution in [-0.2, 0) is 6.54 Å². The Morgan fingerprint density at radius 1 is 1.00 bits per heavy atom. The van der Waals surface area contributed by atoms with Crippen molar-refractivity contribution in [3.8, 4) is 0 Å². The highest BCUT2D eigenvalue weighted by Gasteiger charge is 2.07. The molecule has 0 fully saturated rings. The van der Waals surface area contributed by atoms with E-state index in [0.717, 1.165) is 37.4 Å². The van der Waals surface area contributed by atoms with Gasteiger partial charge in [0.25, 0.3) is 0 Å². The fraction of sp³-hybridized carbons (Fsp3) is 0.333. The molecular weight excluding hydrogens is 263 g/mol. The number of anilines is 2. The molecule has 0 spiro atoms. The molecule has 0 saturated carbocycles. The summed E-state index contributed by atoms with van der Waals surface area (Å²) in [4.78, 5) is 2.10. The number of hydrogen-bond acceptors (Lipinski definition) is 2. The summed E-state index contributed by atoms with van der Waals surface area (Å²) in [5.74, 6) is -0.202. The number of benzene rings is 2. The van der Waals surface area contributed by atoms with Crippen molar-refractivity contribution < 1.29 is 4.39 Å². The second-order valence-corrected chi connectivity index (χ2v) is 5.07. The molecule has 112 valence electrons. The molecular formula is C18H23FN2. The van der Waals surface area contributed by atoms with Crippen molar-refractivity contribution >= 4 is 11.4 Å². The van der Waals surface area contributed by atoms with Crippen molar-refractivity contribution in [3.63, 3.8) is 0 Å². The fourth-order valence-electron chi connectivity index (χ4n) is 2.36. The normalized spacial score (nSPS) is 10.6. The lowest BCUT2D eigenvalue weighted by Gasteiger charge is -2.23. The summed E-state index contributed by atoms with van der Waals surface area (Å²) in [6.45, 7) is 6.96. The Kier molecular flexibility index (Phi) is 5.76. The summed E-state index contributed by atoms with van der Waals surface area (Å²) in [6.07, 6.45) is 1.14. The van der Waals surface area contributed by atoms with Crippen molar-refractivity contribution in [1.82, 2.24) is 5.32 Å². The molecule has 0 heterocycles. The van der Waals surface area contributed by atoms with Crippen LogP contribution in [0.4, 0.5) is 15.8 Å². The molecule has 0 atom stereocenters. The minimum absolute atomic E-state index is 0.202. The van der Waals surface area contributed by atoms with Crippen LogP contribution in [0.2, 0.25) is 0 Å². The van der Waals surface area contributed by atoms with E-state index in [2.05, 4.69) is 48.3 Å². The van der Waals surface area contributed by atoms with E-state index in [4.69, 9.17) is 0 Å².